The third kappa shape index (κ3) is 8.58. The number of primary amides is 2. The normalized spacial score (nSPS) is 10.3. The van der Waals surface area contributed by atoms with Crippen LogP contribution >= 0.6 is 34.8 Å². The topological polar surface area (TPSA) is 148 Å². The number of imidazole rings is 2. The number of aromatic nitrogens is 6. The minimum atomic E-state index is -0.864. The van der Waals surface area contributed by atoms with Crippen LogP contribution in [-0.2, 0) is 0 Å². The van der Waals surface area contributed by atoms with Crippen LogP contribution in [0.4, 0.5) is 8.78 Å². The van der Waals surface area contributed by atoms with Gasteiger partial charge in [0, 0.05) is 40.3 Å². The molecule has 51 heavy (non-hydrogen) atoms. The molecule has 4 N–H and O–H groups in total. The van der Waals surface area contributed by atoms with Gasteiger partial charge in [-0.25, -0.2) is 28.7 Å². The average Bonchev–Trinajstić information content (AvgIpc) is 3.59. The van der Waals surface area contributed by atoms with Crippen molar-refractivity contribution in [1.29, 1.82) is 0 Å². The number of carbonyl (C=O) groups is 2. The molecule has 0 saturated carbocycles. The van der Waals surface area contributed by atoms with Crippen molar-refractivity contribution in [2.24, 2.45) is 11.5 Å². The monoisotopic (exact) mass is 742 g/mol. The molecule has 10 nitrogen and oxygen atoms in total. The lowest BCUT2D eigenvalue weighted by molar-refractivity contribution is 0.0980. The zero-order chi connectivity index (χ0) is 36.8. The van der Waals surface area contributed by atoms with Gasteiger partial charge in [0.2, 0.25) is 11.6 Å². The molecule has 2 amide bonds. The average molecular weight is 744 g/mol. The Morgan fingerprint density at radius 3 is 1.71 bits per heavy atom. The van der Waals surface area contributed by atoms with Gasteiger partial charge in [0.1, 0.15) is 33.3 Å². The fraction of sp³-hybridized carbons (Fsp3) is 0.0556. The number of hydrogen-bond acceptors (Lipinski definition) is 6. The molecule has 0 saturated heterocycles. The van der Waals surface area contributed by atoms with E-state index in [1.54, 1.807) is 60.2 Å². The lowest BCUT2D eigenvalue weighted by Crippen LogP contribution is -2.18. The van der Waals surface area contributed by atoms with Gasteiger partial charge in [0.05, 0.1) is 17.1 Å². The lowest BCUT2D eigenvalue weighted by Gasteiger charge is -2.09. The van der Waals surface area contributed by atoms with Crippen LogP contribution in [0.15, 0.2) is 79.1 Å². The number of nitrogens with two attached hydrogens (primary N) is 2. The summed E-state index contributed by atoms with van der Waals surface area (Å²) >= 11 is 17.7. The fourth-order valence-corrected chi connectivity index (χ4v) is 5.21. The number of carbonyl (C=O) groups excluding carboxylic acids is 2. The van der Waals surface area contributed by atoms with Crippen molar-refractivity contribution in [3.05, 3.63) is 152 Å². The fourth-order valence-electron chi connectivity index (χ4n) is 4.68. The minimum Gasteiger partial charge on any atom is -0.363 e. The third-order valence-corrected chi connectivity index (χ3v) is 7.63. The van der Waals surface area contributed by atoms with Crippen LogP contribution < -0.4 is 11.5 Å². The van der Waals surface area contributed by atoms with Gasteiger partial charge in [-0.15, -0.1) is 0 Å². The summed E-state index contributed by atoms with van der Waals surface area (Å²) < 4.78 is 30.2. The van der Waals surface area contributed by atoms with Crippen molar-refractivity contribution in [3.8, 4) is 35.1 Å². The molecule has 0 bridgehead atoms. The van der Waals surface area contributed by atoms with Gasteiger partial charge >= 0.3 is 0 Å². The highest BCUT2D eigenvalue weighted by molar-refractivity contribution is 6.30. The van der Waals surface area contributed by atoms with Crippen LogP contribution in [0.3, 0.4) is 0 Å². The second kappa shape index (κ2) is 15.7. The van der Waals surface area contributed by atoms with E-state index in [0.717, 1.165) is 6.07 Å². The van der Waals surface area contributed by atoms with Gasteiger partial charge in [-0.05, 0) is 80.3 Å². The van der Waals surface area contributed by atoms with Gasteiger partial charge in [-0.3, -0.25) is 18.7 Å². The predicted octanol–water partition coefficient (Wildman–Crippen LogP) is 6.39. The van der Waals surface area contributed by atoms with Crippen LogP contribution in [0.1, 0.15) is 55.1 Å². The number of benzene rings is 2. The van der Waals surface area contributed by atoms with Gasteiger partial charge in [0.25, 0.3) is 11.8 Å². The molecule has 0 aliphatic rings. The number of nitrogens with zero attached hydrogens (tertiary/aromatic N) is 6. The number of hydrogen-bond donors (Lipinski definition) is 2. The molecule has 6 rings (SSSR count). The first kappa shape index (κ1) is 36.2. The van der Waals surface area contributed by atoms with Gasteiger partial charge < -0.3 is 11.5 Å². The molecule has 4 aromatic heterocycles. The maximum Gasteiger partial charge on any atom is 0.285 e. The summed E-state index contributed by atoms with van der Waals surface area (Å²) in [5, 5.41) is 1.18. The molecule has 6 aromatic rings. The highest BCUT2D eigenvalue weighted by atomic mass is 35.5. The molecule has 0 spiro atoms. The first-order valence-corrected chi connectivity index (χ1v) is 15.7. The van der Waals surface area contributed by atoms with E-state index >= 15 is 0 Å². The standard InChI is InChI=1S/C18H12Cl2N4O.C18H11ClF2N4O/c1-11-15(6-5-12-7-8-22-16(20)9-12)23-18(17(21)25)24(11)14-4-2-3-13(19)10-14;1-10-14(4-2-11-6-7-23-16(19)8-11)24-18(17(22)26)25(10)15-5-3-12(20)9-13(15)21/h2-4,7-10H,1H3,(H2,21,25);3,5-9H,1H3,(H2,22,26). The summed E-state index contributed by atoms with van der Waals surface area (Å²) in [5.41, 5.74) is 14.5. The second-order valence-corrected chi connectivity index (χ2v) is 11.7. The molecule has 0 aliphatic heterocycles. The zero-order valence-electron chi connectivity index (χ0n) is 26.5. The van der Waals surface area contributed by atoms with E-state index in [1.807, 2.05) is 13.0 Å². The van der Waals surface area contributed by atoms with Crippen LogP contribution in [0.5, 0.6) is 0 Å². The van der Waals surface area contributed by atoms with Gasteiger partial charge in [-0.1, -0.05) is 52.7 Å². The number of pyridine rings is 2. The Kier molecular flexibility index (Phi) is 11.1. The lowest BCUT2D eigenvalue weighted by atomic mass is 10.2. The summed E-state index contributed by atoms with van der Waals surface area (Å²) in [6.45, 7) is 3.41. The molecule has 15 heteroatoms. The smallest absolute Gasteiger partial charge is 0.285 e. The Balaban J connectivity index is 0.000000198. The molecule has 0 fully saturated rings. The first-order chi connectivity index (χ1) is 24.3. The van der Waals surface area contributed by atoms with E-state index in [9.17, 15) is 18.4 Å². The molecule has 0 unspecified atom stereocenters. The minimum absolute atomic E-state index is 0.0507. The first-order valence-electron chi connectivity index (χ1n) is 14.6. The van der Waals surface area contributed by atoms with Crippen LogP contribution in [0.25, 0.3) is 11.4 Å². The Bertz CT molecular complexity index is 2460. The summed E-state index contributed by atoms with van der Waals surface area (Å²) in [7, 11) is 0. The predicted molar refractivity (Wildman–Crippen MR) is 189 cm³/mol. The van der Waals surface area contributed by atoms with Crippen LogP contribution in [0, 0.1) is 49.2 Å². The SMILES string of the molecule is Cc1c(C#Cc2ccnc(Cl)c2)nc(C(N)=O)n1-c1ccc(F)cc1F.Cc1c(C#Cc2ccnc(Cl)c2)nc(C(N)=O)n1-c1cccc(Cl)c1. The van der Waals surface area contributed by atoms with Crippen molar-refractivity contribution >= 4 is 46.6 Å². The summed E-state index contributed by atoms with van der Waals surface area (Å²) in [6, 6.07) is 16.7. The molecule has 4 heterocycles. The molecule has 2 aromatic carbocycles. The highest BCUT2D eigenvalue weighted by Gasteiger charge is 2.21. The van der Waals surface area contributed by atoms with Crippen molar-refractivity contribution in [2.45, 2.75) is 13.8 Å². The maximum atomic E-state index is 14.2. The Labute approximate surface area is 305 Å². The summed E-state index contributed by atoms with van der Waals surface area (Å²) in [5.74, 6) is 8.33. The molecular formula is C36H23Cl3F2N8O2. The second-order valence-electron chi connectivity index (χ2n) is 10.4. The molecule has 0 radical (unpaired) electrons. The van der Waals surface area contributed by atoms with E-state index in [1.165, 1.54) is 16.8 Å². The Hall–Kier alpha value is -6.05. The highest BCUT2D eigenvalue weighted by Crippen LogP contribution is 2.23. The summed E-state index contributed by atoms with van der Waals surface area (Å²) in [6.07, 6.45) is 3.07. The van der Waals surface area contributed by atoms with E-state index < -0.39 is 23.4 Å². The molecule has 0 aliphatic carbocycles. The summed E-state index contributed by atoms with van der Waals surface area (Å²) in [4.78, 5) is 39.7. The van der Waals surface area contributed by atoms with E-state index in [0.29, 0.717) is 50.1 Å². The maximum absolute atomic E-state index is 14.2. The van der Waals surface area contributed by atoms with Crippen LogP contribution in [-0.4, -0.2) is 40.9 Å². The van der Waals surface area contributed by atoms with Crippen molar-refractivity contribution in [3.63, 3.8) is 0 Å². The van der Waals surface area contributed by atoms with Gasteiger partial charge in [-0.2, -0.15) is 0 Å². The third-order valence-electron chi connectivity index (χ3n) is 6.98. The van der Waals surface area contributed by atoms with E-state index in [4.69, 9.17) is 46.3 Å². The van der Waals surface area contributed by atoms with Crippen molar-refractivity contribution in [2.75, 3.05) is 0 Å². The number of amides is 2. The zero-order valence-corrected chi connectivity index (χ0v) is 28.8. The van der Waals surface area contributed by atoms with Crippen LogP contribution in [0.2, 0.25) is 15.3 Å². The van der Waals surface area contributed by atoms with Crippen molar-refractivity contribution in [1.82, 2.24) is 29.1 Å². The van der Waals surface area contributed by atoms with Crippen molar-refractivity contribution < 1.29 is 18.4 Å². The molecular weight excluding hydrogens is 721 g/mol. The quantitative estimate of drug-likeness (QED) is 0.158. The van der Waals surface area contributed by atoms with E-state index in [-0.39, 0.29) is 28.2 Å². The Morgan fingerprint density at radius 2 is 1.22 bits per heavy atom. The molecule has 254 valence electrons. The molecule has 0 atom stereocenters. The Morgan fingerprint density at radius 1 is 0.686 bits per heavy atom. The number of rotatable bonds is 4. The number of halogens is 5. The largest absolute Gasteiger partial charge is 0.363 e. The van der Waals surface area contributed by atoms with E-state index in [2.05, 4.69) is 43.6 Å². The van der Waals surface area contributed by atoms with Gasteiger partial charge in [0.15, 0.2) is 0 Å².